The summed E-state index contributed by atoms with van der Waals surface area (Å²) >= 11 is 7.78. The SMILES string of the molecule is Cc1sc2c(N3CCOC[C@H]3C)nc(Cl)nc2c1C(C)(C)O. The van der Waals surface area contributed by atoms with Gasteiger partial charge in [0, 0.05) is 17.0 Å². The van der Waals surface area contributed by atoms with Gasteiger partial charge in [0.15, 0.2) is 5.82 Å². The zero-order chi connectivity index (χ0) is 16.1. The number of hydrogen-bond acceptors (Lipinski definition) is 6. The molecule has 0 unspecified atom stereocenters. The van der Waals surface area contributed by atoms with Gasteiger partial charge in [-0.3, -0.25) is 0 Å². The highest BCUT2D eigenvalue weighted by molar-refractivity contribution is 7.19. The van der Waals surface area contributed by atoms with Crippen molar-refractivity contribution in [3.05, 3.63) is 15.7 Å². The van der Waals surface area contributed by atoms with Gasteiger partial charge >= 0.3 is 0 Å². The highest BCUT2D eigenvalue weighted by Gasteiger charge is 2.29. The quantitative estimate of drug-likeness (QED) is 0.850. The molecule has 1 aliphatic rings. The first-order valence-electron chi connectivity index (χ1n) is 7.33. The van der Waals surface area contributed by atoms with Crippen LogP contribution in [0.2, 0.25) is 5.28 Å². The summed E-state index contributed by atoms with van der Waals surface area (Å²) in [5.74, 6) is 0.842. The van der Waals surface area contributed by atoms with Crippen LogP contribution in [-0.4, -0.2) is 40.9 Å². The van der Waals surface area contributed by atoms with Crippen LogP contribution in [-0.2, 0) is 10.3 Å². The van der Waals surface area contributed by atoms with Crippen LogP contribution in [0.4, 0.5) is 5.82 Å². The summed E-state index contributed by atoms with van der Waals surface area (Å²) in [7, 11) is 0. The molecule has 0 aliphatic carbocycles. The summed E-state index contributed by atoms with van der Waals surface area (Å²) in [5, 5.41) is 10.7. The highest BCUT2D eigenvalue weighted by atomic mass is 35.5. The van der Waals surface area contributed by atoms with Crippen molar-refractivity contribution in [2.24, 2.45) is 0 Å². The van der Waals surface area contributed by atoms with E-state index >= 15 is 0 Å². The maximum atomic E-state index is 10.5. The fourth-order valence-corrected chi connectivity index (χ4v) is 4.42. The van der Waals surface area contributed by atoms with Crippen LogP contribution in [0, 0.1) is 6.92 Å². The molecule has 0 amide bonds. The number of halogens is 1. The summed E-state index contributed by atoms with van der Waals surface area (Å²) in [4.78, 5) is 12.1. The van der Waals surface area contributed by atoms with Crippen molar-refractivity contribution < 1.29 is 9.84 Å². The lowest BCUT2D eigenvalue weighted by molar-refractivity contribution is 0.0798. The Morgan fingerprint density at radius 1 is 1.41 bits per heavy atom. The van der Waals surface area contributed by atoms with E-state index < -0.39 is 5.60 Å². The average molecular weight is 342 g/mol. The molecule has 3 rings (SSSR count). The van der Waals surface area contributed by atoms with Gasteiger partial charge in [-0.15, -0.1) is 11.3 Å². The van der Waals surface area contributed by atoms with Gasteiger partial charge in [-0.25, -0.2) is 4.98 Å². The van der Waals surface area contributed by atoms with E-state index in [4.69, 9.17) is 16.3 Å². The molecule has 22 heavy (non-hydrogen) atoms. The van der Waals surface area contributed by atoms with Gasteiger partial charge in [-0.1, -0.05) is 0 Å². The normalized spacial score (nSPS) is 19.9. The topological polar surface area (TPSA) is 58.5 Å². The first-order chi connectivity index (χ1) is 10.3. The second kappa shape index (κ2) is 5.60. The molecule has 1 aliphatic heterocycles. The van der Waals surface area contributed by atoms with Gasteiger partial charge in [0.25, 0.3) is 0 Å². The number of rotatable bonds is 2. The molecule has 5 nitrogen and oxygen atoms in total. The molecule has 3 heterocycles. The number of fused-ring (bicyclic) bond motifs is 1. The van der Waals surface area contributed by atoms with E-state index in [1.807, 2.05) is 6.92 Å². The lowest BCUT2D eigenvalue weighted by Crippen LogP contribution is -2.44. The van der Waals surface area contributed by atoms with E-state index in [1.54, 1.807) is 25.2 Å². The molecule has 7 heteroatoms. The van der Waals surface area contributed by atoms with Crippen molar-refractivity contribution in [2.75, 3.05) is 24.7 Å². The first-order valence-corrected chi connectivity index (χ1v) is 8.52. The number of aliphatic hydroxyl groups is 1. The number of thiophene rings is 1. The molecule has 0 radical (unpaired) electrons. The van der Waals surface area contributed by atoms with Crippen molar-refractivity contribution >= 4 is 39.0 Å². The van der Waals surface area contributed by atoms with Crippen LogP contribution in [0.25, 0.3) is 10.2 Å². The molecular weight excluding hydrogens is 322 g/mol. The Morgan fingerprint density at radius 2 is 2.14 bits per heavy atom. The first kappa shape index (κ1) is 15.9. The summed E-state index contributed by atoms with van der Waals surface area (Å²) in [6, 6.07) is 0.232. The fraction of sp³-hybridized carbons (Fsp3) is 0.600. The Kier molecular flexibility index (Phi) is 4.05. The Morgan fingerprint density at radius 3 is 2.77 bits per heavy atom. The lowest BCUT2D eigenvalue weighted by atomic mass is 9.98. The Hall–Kier alpha value is -0.950. The Bertz CT molecular complexity index is 711. The third-order valence-corrected chi connectivity index (χ3v) is 5.18. The zero-order valence-corrected chi connectivity index (χ0v) is 14.8. The smallest absolute Gasteiger partial charge is 0.224 e. The molecular formula is C15H20ClN3O2S. The number of nitrogens with zero attached hydrogens (tertiary/aromatic N) is 3. The van der Waals surface area contributed by atoms with Gasteiger partial charge in [0.2, 0.25) is 5.28 Å². The third-order valence-electron chi connectivity index (χ3n) is 3.92. The summed E-state index contributed by atoms with van der Waals surface area (Å²) in [5.41, 5.74) is 0.621. The van der Waals surface area contributed by atoms with Gasteiger partial charge < -0.3 is 14.7 Å². The van der Waals surface area contributed by atoms with Crippen LogP contribution in [0.15, 0.2) is 0 Å². The molecule has 1 atom stereocenters. The molecule has 2 aromatic rings. The molecule has 0 aromatic carbocycles. The lowest BCUT2D eigenvalue weighted by Gasteiger charge is -2.34. The minimum atomic E-state index is -0.964. The molecule has 1 fully saturated rings. The maximum Gasteiger partial charge on any atom is 0.224 e. The van der Waals surface area contributed by atoms with E-state index in [0.717, 1.165) is 33.0 Å². The molecule has 1 N–H and O–H groups in total. The van der Waals surface area contributed by atoms with Crippen molar-refractivity contribution in [3.8, 4) is 0 Å². The zero-order valence-electron chi connectivity index (χ0n) is 13.2. The minimum Gasteiger partial charge on any atom is -0.386 e. The summed E-state index contributed by atoms with van der Waals surface area (Å²) < 4.78 is 6.48. The van der Waals surface area contributed by atoms with Crippen LogP contribution >= 0.6 is 22.9 Å². The van der Waals surface area contributed by atoms with Gasteiger partial charge in [0.1, 0.15) is 0 Å². The minimum absolute atomic E-state index is 0.212. The average Bonchev–Trinajstić information content (AvgIpc) is 2.74. The maximum absolute atomic E-state index is 10.5. The fourth-order valence-electron chi connectivity index (χ4n) is 3.00. The predicted molar refractivity (Wildman–Crippen MR) is 90.0 cm³/mol. The summed E-state index contributed by atoms with van der Waals surface area (Å²) in [6.45, 7) is 9.78. The van der Waals surface area contributed by atoms with Crippen molar-refractivity contribution in [1.82, 2.24) is 9.97 Å². The molecule has 0 saturated carbocycles. The number of hydrogen-bond donors (Lipinski definition) is 1. The number of anilines is 1. The second-order valence-corrected chi connectivity index (χ2v) is 7.77. The monoisotopic (exact) mass is 341 g/mol. The van der Waals surface area contributed by atoms with Crippen LogP contribution < -0.4 is 4.90 Å². The van der Waals surface area contributed by atoms with Crippen molar-refractivity contribution in [1.29, 1.82) is 0 Å². The van der Waals surface area contributed by atoms with E-state index in [9.17, 15) is 5.11 Å². The Labute approximate surface area is 138 Å². The van der Waals surface area contributed by atoms with Crippen LogP contribution in [0.3, 0.4) is 0 Å². The van der Waals surface area contributed by atoms with E-state index in [0.29, 0.717) is 13.2 Å². The van der Waals surface area contributed by atoms with Crippen LogP contribution in [0.1, 0.15) is 31.2 Å². The van der Waals surface area contributed by atoms with Gasteiger partial charge in [-0.2, -0.15) is 4.98 Å². The summed E-state index contributed by atoms with van der Waals surface area (Å²) in [6.07, 6.45) is 0. The number of aryl methyl sites for hydroxylation is 1. The second-order valence-electron chi connectivity index (χ2n) is 6.20. The van der Waals surface area contributed by atoms with Crippen LogP contribution in [0.5, 0.6) is 0 Å². The van der Waals surface area contributed by atoms with E-state index in [1.165, 1.54) is 0 Å². The van der Waals surface area contributed by atoms with Gasteiger partial charge in [0.05, 0.1) is 35.1 Å². The highest BCUT2D eigenvalue weighted by Crippen LogP contribution is 2.41. The van der Waals surface area contributed by atoms with E-state index in [-0.39, 0.29) is 11.3 Å². The Balaban J connectivity index is 2.23. The van der Waals surface area contributed by atoms with E-state index in [2.05, 4.69) is 21.8 Å². The molecule has 120 valence electrons. The number of aromatic nitrogens is 2. The largest absolute Gasteiger partial charge is 0.386 e. The standard InChI is InChI=1S/C15H20ClN3O2S/c1-8-7-21-6-5-19(8)13-12-11(17-14(16)18-13)10(9(2)22-12)15(3,4)20/h8,20H,5-7H2,1-4H3/t8-/m1/s1. The number of morpholine rings is 1. The third kappa shape index (κ3) is 2.69. The van der Waals surface area contributed by atoms with Crippen molar-refractivity contribution in [2.45, 2.75) is 39.3 Å². The number of ether oxygens (including phenoxy) is 1. The molecule has 0 spiro atoms. The van der Waals surface area contributed by atoms with Crippen molar-refractivity contribution in [3.63, 3.8) is 0 Å². The molecule has 1 saturated heterocycles. The predicted octanol–water partition coefficient (Wildman–Crippen LogP) is 3.11. The molecule has 0 bridgehead atoms. The van der Waals surface area contributed by atoms with Gasteiger partial charge in [-0.05, 0) is 39.3 Å². The molecule has 2 aromatic heterocycles.